The highest BCUT2D eigenvalue weighted by molar-refractivity contribution is 5.42. The van der Waals surface area contributed by atoms with Gasteiger partial charge in [-0.1, -0.05) is 6.92 Å². The molecule has 0 amide bonds. The van der Waals surface area contributed by atoms with E-state index >= 15 is 0 Å². The van der Waals surface area contributed by atoms with Gasteiger partial charge in [0.15, 0.2) is 0 Å². The zero-order chi connectivity index (χ0) is 14.4. The number of hydrogen-bond donors (Lipinski definition) is 1. The van der Waals surface area contributed by atoms with E-state index in [1.54, 1.807) is 14.2 Å². The second kappa shape index (κ2) is 7.36. The van der Waals surface area contributed by atoms with Gasteiger partial charge in [-0.3, -0.25) is 4.90 Å². The van der Waals surface area contributed by atoms with E-state index in [-0.39, 0.29) is 6.04 Å². The molecule has 0 aliphatic carbocycles. The molecule has 108 valence electrons. The molecular formula is C15H26N2O2. The van der Waals surface area contributed by atoms with Gasteiger partial charge in [0, 0.05) is 18.2 Å². The first-order chi connectivity index (χ1) is 9.08. The van der Waals surface area contributed by atoms with Gasteiger partial charge in [-0.05, 0) is 38.6 Å². The minimum absolute atomic E-state index is 0.125. The van der Waals surface area contributed by atoms with Gasteiger partial charge in [0.05, 0.1) is 20.3 Å². The van der Waals surface area contributed by atoms with Crippen LogP contribution in [-0.2, 0) is 0 Å². The van der Waals surface area contributed by atoms with Gasteiger partial charge in [0.1, 0.15) is 11.5 Å². The van der Waals surface area contributed by atoms with Crippen molar-refractivity contribution in [3.63, 3.8) is 0 Å². The molecule has 0 bridgehead atoms. The lowest BCUT2D eigenvalue weighted by atomic mass is 10.0. The van der Waals surface area contributed by atoms with E-state index in [4.69, 9.17) is 15.2 Å². The number of benzene rings is 1. The van der Waals surface area contributed by atoms with Crippen molar-refractivity contribution in [3.8, 4) is 11.5 Å². The second-order valence-corrected chi connectivity index (χ2v) is 4.78. The lowest BCUT2D eigenvalue weighted by Gasteiger charge is -2.33. The van der Waals surface area contributed by atoms with Crippen LogP contribution in [0.15, 0.2) is 18.2 Å². The normalized spacial score (nSPS) is 14.3. The van der Waals surface area contributed by atoms with Gasteiger partial charge in [-0.25, -0.2) is 0 Å². The van der Waals surface area contributed by atoms with Gasteiger partial charge in [-0.15, -0.1) is 0 Å². The standard InChI is InChI=1S/C15H26N2O2/c1-6-11(2)17(3)14(10-16)13-9-12(18-4)7-8-15(13)19-5/h7-9,11,14H,6,10,16H2,1-5H3. The maximum absolute atomic E-state index is 5.98. The van der Waals surface area contributed by atoms with Crippen molar-refractivity contribution in [2.45, 2.75) is 32.4 Å². The van der Waals surface area contributed by atoms with Gasteiger partial charge in [-0.2, -0.15) is 0 Å². The Labute approximate surface area is 116 Å². The first-order valence-corrected chi connectivity index (χ1v) is 6.72. The molecule has 1 aromatic carbocycles. The van der Waals surface area contributed by atoms with Crippen LogP contribution in [0.5, 0.6) is 11.5 Å². The molecule has 0 aliphatic rings. The summed E-state index contributed by atoms with van der Waals surface area (Å²) in [4.78, 5) is 2.29. The Morgan fingerprint density at radius 2 is 1.95 bits per heavy atom. The summed E-state index contributed by atoms with van der Waals surface area (Å²) >= 11 is 0. The highest BCUT2D eigenvalue weighted by Crippen LogP contribution is 2.32. The number of nitrogens with zero attached hydrogens (tertiary/aromatic N) is 1. The van der Waals surface area contributed by atoms with Crippen molar-refractivity contribution in [1.29, 1.82) is 0 Å². The Hall–Kier alpha value is -1.26. The number of nitrogens with two attached hydrogens (primary N) is 1. The van der Waals surface area contributed by atoms with E-state index < -0.39 is 0 Å². The number of methoxy groups -OCH3 is 2. The predicted octanol–water partition coefficient (Wildman–Crippen LogP) is 2.43. The summed E-state index contributed by atoms with van der Waals surface area (Å²) in [6.45, 7) is 4.93. The third-order valence-electron chi connectivity index (χ3n) is 3.80. The van der Waals surface area contributed by atoms with Crippen molar-refractivity contribution < 1.29 is 9.47 Å². The maximum Gasteiger partial charge on any atom is 0.123 e. The first kappa shape index (κ1) is 15.8. The zero-order valence-corrected chi connectivity index (χ0v) is 12.6. The van der Waals surface area contributed by atoms with Crippen molar-refractivity contribution in [2.24, 2.45) is 5.73 Å². The zero-order valence-electron chi connectivity index (χ0n) is 12.6. The molecule has 1 aromatic rings. The van der Waals surface area contributed by atoms with Crippen molar-refractivity contribution in [2.75, 3.05) is 27.8 Å². The fraction of sp³-hybridized carbons (Fsp3) is 0.600. The summed E-state index contributed by atoms with van der Waals surface area (Å²) in [7, 11) is 5.45. The van der Waals surface area contributed by atoms with E-state index in [2.05, 4.69) is 25.8 Å². The summed E-state index contributed by atoms with van der Waals surface area (Å²) in [5.41, 5.74) is 7.05. The summed E-state index contributed by atoms with van der Waals surface area (Å²) in [6, 6.07) is 6.43. The van der Waals surface area contributed by atoms with E-state index in [1.807, 2.05) is 18.2 Å². The molecular weight excluding hydrogens is 240 g/mol. The third kappa shape index (κ3) is 3.61. The molecule has 0 saturated heterocycles. The van der Waals surface area contributed by atoms with Crippen LogP contribution in [0.1, 0.15) is 31.9 Å². The molecule has 4 heteroatoms. The SMILES string of the molecule is CCC(C)N(C)C(CN)c1cc(OC)ccc1OC. The molecule has 2 unspecified atom stereocenters. The quantitative estimate of drug-likeness (QED) is 0.823. The monoisotopic (exact) mass is 266 g/mol. The Bertz CT molecular complexity index is 396. The van der Waals surface area contributed by atoms with Gasteiger partial charge in [0.2, 0.25) is 0 Å². The van der Waals surface area contributed by atoms with E-state index in [1.165, 1.54) is 0 Å². The van der Waals surface area contributed by atoms with Crippen LogP contribution < -0.4 is 15.2 Å². The van der Waals surface area contributed by atoms with E-state index in [0.717, 1.165) is 23.5 Å². The van der Waals surface area contributed by atoms with Gasteiger partial charge in [0.25, 0.3) is 0 Å². The average Bonchev–Trinajstić information content (AvgIpc) is 2.46. The summed E-state index contributed by atoms with van der Waals surface area (Å²) < 4.78 is 10.8. The number of hydrogen-bond acceptors (Lipinski definition) is 4. The second-order valence-electron chi connectivity index (χ2n) is 4.78. The molecule has 1 rings (SSSR count). The fourth-order valence-electron chi connectivity index (χ4n) is 2.21. The van der Waals surface area contributed by atoms with Crippen molar-refractivity contribution in [1.82, 2.24) is 4.90 Å². The predicted molar refractivity (Wildman–Crippen MR) is 78.9 cm³/mol. The number of likely N-dealkylation sites (N-methyl/N-ethyl adjacent to an activating group) is 1. The van der Waals surface area contributed by atoms with Crippen LogP contribution in [-0.4, -0.2) is 38.8 Å². The molecule has 0 fully saturated rings. The van der Waals surface area contributed by atoms with Crippen LogP contribution >= 0.6 is 0 Å². The van der Waals surface area contributed by atoms with Crippen LogP contribution in [0.4, 0.5) is 0 Å². The Kier molecular flexibility index (Phi) is 6.12. The molecule has 2 atom stereocenters. The maximum atomic E-state index is 5.98. The molecule has 2 N–H and O–H groups in total. The van der Waals surface area contributed by atoms with Crippen LogP contribution in [0.2, 0.25) is 0 Å². The Balaban J connectivity index is 3.15. The summed E-state index contributed by atoms with van der Waals surface area (Å²) in [5.74, 6) is 1.68. The summed E-state index contributed by atoms with van der Waals surface area (Å²) in [6.07, 6.45) is 1.08. The molecule has 0 heterocycles. The van der Waals surface area contributed by atoms with Gasteiger partial charge >= 0.3 is 0 Å². The molecule has 0 aliphatic heterocycles. The molecule has 0 radical (unpaired) electrons. The minimum Gasteiger partial charge on any atom is -0.497 e. The van der Waals surface area contributed by atoms with E-state index in [0.29, 0.717) is 12.6 Å². The van der Waals surface area contributed by atoms with Crippen LogP contribution in [0, 0.1) is 0 Å². The number of ether oxygens (including phenoxy) is 2. The lowest BCUT2D eigenvalue weighted by molar-refractivity contribution is 0.181. The fourth-order valence-corrected chi connectivity index (χ4v) is 2.21. The number of rotatable bonds is 7. The average molecular weight is 266 g/mol. The molecule has 0 aromatic heterocycles. The van der Waals surface area contributed by atoms with Crippen LogP contribution in [0.3, 0.4) is 0 Å². The highest BCUT2D eigenvalue weighted by Gasteiger charge is 2.23. The summed E-state index contributed by atoms with van der Waals surface area (Å²) in [5, 5.41) is 0. The first-order valence-electron chi connectivity index (χ1n) is 6.72. The largest absolute Gasteiger partial charge is 0.497 e. The van der Waals surface area contributed by atoms with E-state index in [9.17, 15) is 0 Å². The minimum atomic E-state index is 0.125. The van der Waals surface area contributed by atoms with Gasteiger partial charge < -0.3 is 15.2 Å². The molecule has 0 spiro atoms. The molecule has 0 saturated carbocycles. The van der Waals surface area contributed by atoms with Crippen molar-refractivity contribution in [3.05, 3.63) is 23.8 Å². The smallest absolute Gasteiger partial charge is 0.123 e. The Morgan fingerprint density at radius 3 is 2.42 bits per heavy atom. The lowest BCUT2D eigenvalue weighted by Crippen LogP contribution is -2.36. The topological polar surface area (TPSA) is 47.7 Å². The Morgan fingerprint density at radius 1 is 1.26 bits per heavy atom. The molecule has 19 heavy (non-hydrogen) atoms. The third-order valence-corrected chi connectivity index (χ3v) is 3.80. The van der Waals surface area contributed by atoms with Crippen molar-refractivity contribution >= 4 is 0 Å². The molecule has 4 nitrogen and oxygen atoms in total. The highest BCUT2D eigenvalue weighted by atomic mass is 16.5. The van der Waals surface area contributed by atoms with Crippen LogP contribution in [0.25, 0.3) is 0 Å².